The van der Waals surface area contributed by atoms with Crippen molar-refractivity contribution in [1.82, 2.24) is 4.72 Å². The summed E-state index contributed by atoms with van der Waals surface area (Å²) in [6.45, 7) is 2.93. The van der Waals surface area contributed by atoms with Gasteiger partial charge in [0.05, 0.1) is 33.6 Å². The molecule has 5 atom stereocenters. The Bertz CT molecular complexity index is 1540. The van der Waals surface area contributed by atoms with Crippen molar-refractivity contribution in [3.05, 3.63) is 71.5 Å². The van der Waals surface area contributed by atoms with Crippen LogP contribution in [0.1, 0.15) is 36.8 Å². The standard InChI is InChI=1S/C25H24F5NO6S2/c1-13(32)10-16-11-17-18-12-37-23-20(27)7-6-19(26)22(23)24(18,9-8-21(17)31-39(16,35)36)38(33,34)15-4-2-14(3-5-15)25(28,29)30/h2-7,16-18,21,31-32H,1,8-12H2/t16-,17?,18+,21-,24+/m1/s1. The zero-order valence-electron chi connectivity index (χ0n) is 20.2. The maximum Gasteiger partial charge on any atom is 0.416 e. The van der Waals surface area contributed by atoms with Gasteiger partial charge in [-0.2, -0.15) is 13.2 Å². The molecule has 0 spiro atoms. The first-order chi connectivity index (χ1) is 18.1. The van der Waals surface area contributed by atoms with Gasteiger partial charge in [-0.05, 0) is 61.6 Å². The summed E-state index contributed by atoms with van der Waals surface area (Å²) in [6, 6.07) is 3.55. The van der Waals surface area contributed by atoms with Crippen LogP contribution in [0, 0.1) is 23.5 Å². The predicted molar refractivity (Wildman–Crippen MR) is 129 cm³/mol. The molecule has 14 heteroatoms. The molecule has 2 heterocycles. The van der Waals surface area contributed by atoms with Crippen molar-refractivity contribution in [3.63, 3.8) is 0 Å². The van der Waals surface area contributed by atoms with Gasteiger partial charge in [-0.25, -0.2) is 30.3 Å². The van der Waals surface area contributed by atoms with Crippen molar-refractivity contribution >= 4 is 19.9 Å². The van der Waals surface area contributed by atoms with E-state index in [2.05, 4.69) is 11.3 Å². The van der Waals surface area contributed by atoms with Crippen molar-refractivity contribution in [1.29, 1.82) is 0 Å². The number of ether oxygens (including phenoxy) is 1. The number of hydrogen-bond donors (Lipinski definition) is 2. The highest BCUT2D eigenvalue weighted by atomic mass is 32.2. The Morgan fingerprint density at radius 2 is 1.77 bits per heavy atom. The molecule has 7 nitrogen and oxygen atoms in total. The van der Waals surface area contributed by atoms with Crippen molar-refractivity contribution < 1.29 is 48.6 Å². The number of fused-ring (bicyclic) bond motifs is 5. The summed E-state index contributed by atoms with van der Waals surface area (Å²) in [6.07, 6.45) is -5.62. The fraction of sp³-hybridized carbons (Fsp3) is 0.440. The lowest BCUT2D eigenvalue weighted by atomic mass is 9.64. The topological polar surface area (TPSA) is 110 Å². The third-order valence-electron chi connectivity index (χ3n) is 8.07. The molecule has 0 radical (unpaired) electrons. The van der Waals surface area contributed by atoms with Gasteiger partial charge in [0.15, 0.2) is 21.4 Å². The molecule has 0 aromatic heterocycles. The average molecular weight is 594 g/mol. The van der Waals surface area contributed by atoms with E-state index < -0.39 is 99.7 Å². The average Bonchev–Trinajstić information content (AvgIpc) is 2.85. The Hall–Kier alpha value is -2.71. The summed E-state index contributed by atoms with van der Waals surface area (Å²) in [7, 11) is -8.65. The molecule has 0 bridgehead atoms. The van der Waals surface area contributed by atoms with Gasteiger partial charge in [-0.1, -0.05) is 6.58 Å². The van der Waals surface area contributed by atoms with Gasteiger partial charge in [-0.15, -0.1) is 0 Å². The molecule has 2 N–H and O–H groups in total. The van der Waals surface area contributed by atoms with E-state index in [1.54, 1.807) is 0 Å². The summed E-state index contributed by atoms with van der Waals surface area (Å²) in [4.78, 5) is -0.521. The largest absolute Gasteiger partial charge is 0.513 e. The maximum atomic E-state index is 15.5. The predicted octanol–water partition coefficient (Wildman–Crippen LogP) is 4.59. The number of rotatable bonds is 4. The van der Waals surface area contributed by atoms with Gasteiger partial charge in [0, 0.05) is 18.4 Å². The second kappa shape index (κ2) is 9.16. The minimum atomic E-state index is -4.73. The Labute approximate surface area is 221 Å². The van der Waals surface area contributed by atoms with E-state index in [9.17, 15) is 39.5 Å². The lowest BCUT2D eigenvalue weighted by Gasteiger charge is -2.54. The van der Waals surface area contributed by atoms with Gasteiger partial charge < -0.3 is 9.84 Å². The zero-order chi connectivity index (χ0) is 28.5. The van der Waals surface area contributed by atoms with Gasteiger partial charge in [0.25, 0.3) is 0 Å². The molecule has 2 fully saturated rings. The van der Waals surface area contributed by atoms with Crippen molar-refractivity contribution in [2.75, 3.05) is 6.61 Å². The first kappa shape index (κ1) is 27.8. The van der Waals surface area contributed by atoms with E-state index in [0.29, 0.717) is 12.1 Å². The first-order valence-corrected chi connectivity index (χ1v) is 15.0. The molecule has 2 aromatic rings. The van der Waals surface area contributed by atoms with Crippen LogP contribution in [0.5, 0.6) is 5.75 Å². The number of aliphatic hydroxyl groups is 1. The number of sulfonamides is 1. The third kappa shape index (κ3) is 4.31. The molecule has 212 valence electrons. The van der Waals surface area contributed by atoms with E-state index in [1.165, 1.54) is 0 Å². The fourth-order valence-electron chi connectivity index (χ4n) is 6.38. The van der Waals surface area contributed by atoms with Gasteiger partial charge in [0.1, 0.15) is 10.6 Å². The van der Waals surface area contributed by atoms with Crippen LogP contribution in [0.15, 0.2) is 53.6 Å². The van der Waals surface area contributed by atoms with Crippen molar-refractivity contribution in [2.45, 2.75) is 52.8 Å². The minimum absolute atomic E-state index is 0.0809. The molecule has 5 rings (SSSR count). The van der Waals surface area contributed by atoms with Crippen LogP contribution >= 0.6 is 0 Å². The smallest absolute Gasteiger partial charge is 0.416 e. The van der Waals surface area contributed by atoms with Crippen LogP contribution in [0.25, 0.3) is 0 Å². The molecule has 0 amide bonds. The quantitative estimate of drug-likeness (QED) is 0.397. The van der Waals surface area contributed by atoms with Crippen LogP contribution in [-0.4, -0.2) is 39.8 Å². The summed E-state index contributed by atoms with van der Waals surface area (Å²) < 4.78 is 130. The molecule has 39 heavy (non-hydrogen) atoms. The van der Waals surface area contributed by atoms with Crippen molar-refractivity contribution in [2.24, 2.45) is 11.8 Å². The Balaban J connectivity index is 1.70. The summed E-state index contributed by atoms with van der Waals surface area (Å²) >= 11 is 0. The number of hydrogen-bond acceptors (Lipinski definition) is 6. The van der Waals surface area contributed by atoms with Gasteiger partial charge in [0.2, 0.25) is 10.0 Å². The van der Waals surface area contributed by atoms with E-state index in [0.717, 1.165) is 24.3 Å². The molecule has 3 aliphatic rings. The number of alkyl halides is 3. The monoisotopic (exact) mass is 593 g/mol. The number of allylic oxidation sites excluding steroid dienone is 1. The lowest BCUT2D eigenvalue weighted by molar-refractivity contribution is -0.137. The lowest BCUT2D eigenvalue weighted by Crippen LogP contribution is -2.63. The van der Waals surface area contributed by atoms with Crippen LogP contribution in [-0.2, 0) is 30.8 Å². The molecule has 1 saturated heterocycles. The zero-order valence-corrected chi connectivity index (χ0v) is 21.8. The summed E-state index contributed by atoms with van der Waals surface area (Å²) in [5.41, 5.74) is -1.65. The van der Waals surface area contributed by atoms with Crippen LogP contribution in [0.3, 0.4) is 0 Å². The number of sulfone groups is 1. The highest BCUT2D eigenvalue weighted by molar-refractivity contribution is 7.92. The number of nitrogens with one attached hydrogen (secondary N) is 1. The second-order valence-corrected chi connectivity index (χ2v) is 14.4. The molecule has 1 saturated carbocycles. The molecule has 1 unspecified atom stereocenters. The van der Waals surface area contributed by atoms with Gasteiger partial charge in [-0.3, -0.25) is 0 Å². The highest BCUT2D eigenvalue weighted by Crippen LogP contribution is 2.59. The van der Waals surface area contributed by atoms with Gasteiger partial charge >= 0.3 is 6.18 Å². The van der Waals surface area contributed by atoms with Crippen LogP contribution in [0.4, 0.5) is 22.0 Å². The molecule has 2 aliphatic heterocycles. The summed E-state index contributed by atoms with van der Waals surface area (Å²) in [5.74, 6) is -4.94. The molecular formula is C25H24F5NO6S2. The number of aliphatic hydroxyl groups excluding tert-OH is 1. The first-order valence-electron chi connectivity index (χ1n) is 12.0. The van der Waals surface area contributed by atoms with E-state index >= 15 is 4.39 Å². The SMILES string of the molecule is C=C(O)C[C@@H]1CC2[C@@H](CC[C@@]3(S(=O)(=O)c4ccc(C(F)(F)F)cc4)c4c(F)ccc(F)c4OC[C@@H]23)NS1(=O)=O. The molecular weight excluding hydrogens is 569 g/mol. The Kier molecular flexibility index (Phi) is 6.54. The fourth-order valence-corrected chi connectivity index (χ4v) is 10.6. The Morgan fingerprint density at radius 1 is 1.13 bits per heavy atom. The van der Waals surface area contributed by atoms with Crippen LogP contribution < -0.4 is 9.46 Å². The van der Waals surface area contributed by atoms with E-state index in [-0.39, 0.29) is 25.7 Å². The maximum absolute atomic E-state index is 15.5. The van der Waals surface area contributed by atoms with E-state index in [1.807, 2.05) is 0 Å². The number of benzene rings is 2. The number of halogens is 5. The molecule has 1 aliphatic carbocycles. The second-order valence-electron chi connectivity index (χ2n) is 10.2. The van der Waals surface area contributed by atoms with Crippen molar-refractivity contribution in [3.8, 4) is 5.75 Å². The van der Waals surface area contributed by atoms with E-state index in [4.69, 9.17) is 4.74 Å². The summed E-state index contributed by atoms with van der Waals surface area (Å²) in [5, 5.41) is 8.51. The Morgan fingerprint density at radius 3 is 2.38 bits per heavy atom. The minimum Gasteiger partial charge on any atom is -0.513 e. The third-order valence-corrected chi connectivity index (χ3v) is 12.5. The highest BCUT2D eigenvalue weighted by Gasteiger charge is 2.64. The normalized spacial score (nSPS) is 29.9. The van der Waals surface area contributed by atoms with Crippen LogP contribution in [0.2, 0.25) is 0 Å². The molecule has 2 aromatic carbocycles.